The summed E-state index contributed by atoms with van der Waals surface area (Å²) in [5, 5.41) is 2.86. The van der Waals surface area contributed by atoms with Crippen LogP contribution >= 0.6 is 0 Å². The topological polar surface area (TPSA) is 67.9 Å². The van der Waals surface area contributed by atoms with Gasteiger partial charge >= 0.3 is 12.2 Å². The Balaban J connectivity index is 1.57. The molecule has 1 aliphatic rings. The summed E-state index contributed by atoms with van der Waals surface area (Å²) in [5.41, 5.74) is 3.12. The van der Waals surface area contributed by atoms with Crippen molar-refractivity contribution in [1.82, 2.24) is 4.90 Å². The smallest absolute Gasteiger partial charge is 0.434 e. The number of nitrogens with one attached hydrogen (secondary N) is 1. The molecule has 2 aromatic rings. The lowest BCUT2D eigenvalue weighted by atomic mass is 10.0. The van der Waals surface area contributed by atoms with Crippen LogP contribution in [0.5, 0.6) is 5.75 Å². The van der Waals surface area contributed by atoms with Crippen LogP contribution in [0.25, 0.3) is 0 Å². The second kappa shape index (κ2) is 7.70. The number of carbonyl (C=O) groups excluding carboxylic acids is 2. The first-order valence-corrected chi connectivity index (χ1v) is 8.23. The summed E-state index contributed by atoms with van der Waals surface area (Å²) in [7, 11) is 0. The molecule has 6 heteroatoms. The van der Waals surface area contributed by atoms with Crippen LogP contribution in [0.2, 0.25) is 0 Å². The molecule has 25 heavy (non-hydrogen) atoms. The molecule has 0 aliphatic carbocycles. The average Bonchev–Trinajstić information content (AvgIpc) is 2.63. The van der Waals surface area contributed by atoms with Gasteiger partial charge in [-0.1, -0.05) is 24.3 Å². The highest BCUT2D eigenvalue weighted by molar-refractivity contribution is 5.89. The van der Waals surface area contributed by atoms with Crippen LogP contribution in [-0.2, 0) is 17.7 Å². The molecule has 0 radical (unpaired) electrons. The Bertz CT molecular complexity index is 758. The third-order valence-corrected chi connectivity index (χ3v) is 3.99. The lowest BCUT2D eigenvalue weighted by molar-refractivity contribution is 0.104. The molecular formula is C19H20N2O4. The van der Waals surface area contributed by atoms with Crippen molar-refractivity contribution in [3.63, 3.8) is 0 Å². The van der Waals surface area contributed by atoms with E-state index >= 15 is 0 Å². The Morgan fingerprint density at radius 2 is 1.80 bits per heavy atom. The van der Waals surface area contributed by atoms with E-state index in [0.717, 1.165) is 6.42 Å². The molecule has 2 amide bonds. The average molecular weight is 340 g/mol. The van der Waals surface area contributed by atoms with E-state index in [0.29, 0.717) is 24.5 Å². The van der Waals surface area contributed by atoms with Crippen LogP contribution in [-0.4, -0.2) is 30.2 Å². The van der Waals surface area contributed by atoms with Crippen molar-refractivity contribution >= 4 is 17.9 Å². The number of benzene rings is 2. The molecule has 0 aromatic heterocycles. The summed E-state index contributed by atoms with van der Waals surface area (Å²) in [6, 6.07) is 14.6. The molecule has 6 nitrogen and oxygen atoms in total. The van der Waals surface area contributed by atoms with Gasteiger partial charge in [-0.3, -0.25) is 0 Å². The van der Waals surface area contributed by atoms with Gasteiger partial charge in [-0.2, -0.15) is 0 Å². The Kier molecular flexibility index (Phi) is 5.18. The first-order valence-electron chi connectivity index (χ1n) is 8.23. The Labute approximate surface area is 146 Å². The van der Waals surface area contributed by atoms with Crippen molar-refractivity contribution in [2.24, 2.45) is 0 Å². The van der Waals surface area contributed by atoms with Crippen molar-refractivity contribution in [3.8, 4) is 5.75 Å². The lowest BCUT2D eigenvalue weighted by Crippen LogP contribution is -2.38. The second-order valence-electron chi connectivity index (χ2n) is 5.68. The number of hydrogen-bond donors (Lipinski definition) is 1. The summed E-state index contributed by atoms with van der Waals surface area (Å²) in [4.78, 5) is 25.5. The minimum Gasteiger partial charge on any atom is -0.434 e. The molecule has 130 valence electrons. The SMILES string of the molecule is CCOC(=O)Oc1ccc(NC(=O)N2CCc3ccccc3C2)cc1. The van der Waals surface area contributed by atoms with Gasteiger partial charge in [-0.25, -0.2) is 9.59 Å². The number of urea groups is 1. The van der Waals surface area contributed by atoms with E-state index in [9.17, 15) is 9.59 Å². The van der Waals surface area contributed by atoms with Crippen molar-refractivity contribution in [1.29, 1.82) is 0 Å². The monoisotopic (exact) mass is 340 g/mol. The summed E-state index contributed by atoms with van der Waals surface area (Å²) >= 11 is 0. The maximum absolute atomic E-state index is 12.4. The van der Waals surface area contributed by atoms with Gasteiger partial charge in [0.15, 0.2) is 0 Å². The molecule has 0 atom stereocenters. The minimum atomic E-state index is -0.744. The molecule has 0 bridgehead atoms. The molecule has 0 saturated carbocycles. The Morgan fingerprint density at radius 3 is 2.52 bits per heavy atom. The third kappa shape index (κ3) is 4.29. The Hall–Kier alpha value is -3.02. The molecular weight excluding hydrogens is 320 g/mol. The molecule has 0 spiro atoms. The molecule has 3 rings (SSSR count). The first-order chi connectivity index (χ1) is 12.2. The van der Waals surface area contributed by atoms with Crippen LogP contribution in [0.4, 0.5) is 15.3 Å². The second-order valence-corrected chi connectivity index (χ2v) is 5.68. The first kappa shape index (κ1) is 16.8. The van der Waals surface area contributed by atoms with Crippen molar-refractivity contribution in [3.05, 3.63) is 59.7 Å². The molecule has 1 heterocycles. The fourth-order valence-corrected chi connectivity index (χ4v) is 2.72. The van der Waals surface area contributed by atoms with E-state index in [4.69, 9.17) is 9.47 Å². The molecule has 2 aromatic carbocycles. The zero-order chi connectivity index (χ0) is 17.6. The predicted molar refractivity (Wildman–Crippen MR) is 93.7 cm³/mol. The number of anilines is 1. The van der Waals surface area contributed by atoms with Crippen LogP contribution in [0.1, 0.15) is 18.1 Å². The van der Waals surface area contributed by atoms with E-state index in [2.05, 4.69) is 17.4 Å². The van der Waals surface area contributed by atoms with Gasteiger partial charge in [0.05, 0.1) is 6.61 Å². The molecule has 0 unspecified atom stereocenters. The normalized spacial score (nSPS) is 12.9. The standard InChI is InChI=1S/C19H20N2O4/c1-2-24-19(23)25-17-9-7-16(8-10-17)20-18(22)21-12-11-14-5-3-4-6-15(14)13-21/h3-10H,2,11-13H2,1H3,(H,20,22). The van der Waals surface area contributed by atoms with Gasteiger partial charge in [-0.05, 0) is 48.7 Å². The minimum absolute atomic E-state index is 0.145. The summed E-state index contributed by atoms with van der Waals surface area (Å²) < 4.78 is 9.70. The number of hydrogen-bond acceptors (Lipinski definition) is 4. The number of ether oxygens (including phenoxy) is 2. The van der Waals surface area contributed by atoms with E-state index in [1.165, 1.54) is 11.1 Å². The number of nitrogens with zero attached hydrogens (tertiary/aromatic N) is 1. The number of amides is 2. The van der Waals surface area contributed by atoms with Gasteiger partial charge in [0.1, 0.15) is 5.75 Å². The molecule has 0 fully saturated rings. The third-order valence-electron chi connectivity index (χ3n) is 3.99. The number of fused-ring (bicyclic) bond motifs is 1. The maximum atomic E-state index is 12.4. The lowest BCUT2D eigenvalue weighted by Gasteiger charge is -2.29. The quantitative estimate of drug-likeness (QED) is 0.681. The number of rotatable bonds is 3. The van der Waals surface area contributed by atoms with E-state index in [1.54, 1.807) is 36.1 Å². The summed E-state index contributed by atoms with van der Waals surface area (Å²) in [6.07, 6.45) is 0.113. The van der Waals surface area contributed by atoms with Gasteiger partial charge in [0.25, 0.3) is 0 Å². The molecule has 1 aliphatic heterocycles. The van der Waals surface area contributed by atoms with Crippen molar-refractivity contribution < 1.29 is 19.1 Å². The number of carbonyl (C=O) groups is 2. The van der Waals surface area contributed by atoms with Crippen molar-refractivity contribution in [2.45, 2.75) is 19.9 Å². The van der Waals surface area contributed by atoms with E-state index < -0.39 is 6.16 Å². The highest BCUT2D eigenvalue weighted by Crippen LogP contribution is 2.20. The largest absolute Gasteiger partial charge is 0.513 e. The van der Waals surface area contributed by atoms with Gasteiger partial charge in [0.2, 0.25) is 0 Å². The fraction of sp³-hybridized carbons (Fsp3) is 0.263. The van der Waals surface area contributed by atoms with Crippen molar-refractivity contribution in [2.75, 3.05) is 18.5 Å². The van der Waals surface area contributed by atoms with Crippen LogP contribution in [0.3, 0.4) is 0 Å². The highest BCUT2D eigenvalue weighted by atomic mass is 16.7. The fourth-order valence-electron chi connectivity index (χ4n) is 2.72. The van der Waals surface area contributed by atoms with E-state index in [1.807, 2.05) is 12.1 Å². The highest BCUT2D eigenvalue weighted by Gasteiger charge is 2.20. The predicted octanol–water partition coefficient (Wildman–Crippen LogP) is 3.81. The Morgan fingerprint density at radius 1 is 1.08 bits per heavy atom. The zero-order valence-corrected chi connectivity index (χ0v) is 14.0. The van der Waals surface area contributed by atoms with Gasteiger partial charge < -0.3 is 19.7 Å². The van der Waals surface area contributed by atoms with Gasteiger partial charge in [0, 0.05) is 18.8 Å². The summed E-state index contributed by atoms with van der Waals surface area (Å²) in [5.74, 6) is 0.364. The van der Waals surface area contributed by atoms with Crippen LogP contribution < -0.4 is 10.1 Å². The van der Waals surface area contributed by atoms with Crippen LogP contribution in [0.15, 0.2) is 48.5 Å². The zero-order valence-electron chi connectivity index (χ0n) is 14.0. The summed E-state index contributed by atoms with van der Waals surface area (Å²) in [6.45, 7) is 3.25. The van der Waals surface area contributed by atoms with E-state index in [-0.39, 0.29) is 12.6 Å². The van der Waals surface area contributed by atoms with Gasteiger partial charge in [-0.15, -0.1) is 0 Å². The van der Waals surface area contributed by atoms with Crippen LogP contribution in [0, 0.1) is 0 Å². The molecule has 0 saturated heterocycles. The maximum Gasteiger partial charge on any atom is 0.513 e. The molecule has 1 N–H and O–H groups in total.